The molecule has 0 aliphatic heterocycles. The molecule has 0 aliphatic carbocycles. The van der Waals surface area contributed by atoms with Crippen LogP contribution in [0.1, 0.15) is 37.8 Å². The minimum absolute atomic E-state index is 0.363. The summed E-state index contributed by atoms with van der Waals surface area (Å²) >= 11 is 0. The van der Waals surface area contributed by atoms with Gasteiger partial charge >= 0.3 is 0 Å². The highest BCUT2D eigenvalue weighted by atomic mass is 16.7. The lowest BCUT2D eigenvalue weighted by Crippen LogP contribution is -2.25. The summed E-state index contributed by atoms with van der Waals surface area (Å²) < 4.78 is 5.31. The molecule has 0 aliphatic rings. The largest absolute Gasteiger partial charge is 0.361 e. The summed E-state index contributed by atoms with van der Waals surface area (Å²) in [5, 5.41) is 5.96. The maximum absolute atomic E-state index is 5.69. The van der Waals surface area contributed by atoms with Crippen molar-refractivity contribution in [3.63, 3.8) is 0 Å². The first kappa shape index (κ1) is 17.3. The lowest BCUT2D eigenvalue weighted by atomic mass is 10.0. The number of anilines is 1. The number of nitrogens with zero attached hydrogens (tertiary/aromatic N) is 2. The van der Waals surface area contributed by atoms with Gasteiger partial charge in [-0.25, -0.2) is 5.06 Å². The molecular weight excluding hydrogens is 288 g/mol. The minimum Gasteiger partial charge on any atom is -0.361 e. The van der Waals surface area contributed by atoms with E-state index in [0.717, 1.165) is 39.5 Å². The highest BCUT2D eigenvalue weighted by molar-refractivity contribution is 5.73. The van der Waals surface area contributed by atoms with Gasteiger partial charge in [-0.15, -0.1) is 0 Å². The van der Waals surface area contributed by atoms with Crippen LogP contribution in [0, 0.1) is 26.7 Å². The van der Waals surface area contributed by atoms with Crippen molar-refractivity contribution in [1.29, 1.82) is 0 Å². The summed E-state index contributed by atoms with van der Waals surface area (Å²) in [5.41, 5.74) is 6.36. The molecule has 0 saturated carbocycles. The van der Waals surface area contributed by atoms with Crippen LogP contribution in [0.15, 0.2) is 34.5 Å². The Balaban J connectivity index is 2.57. The second kappa shape index (κ2) is 7.01. The van der Waals surface area contributed by atoms with Crippen LogP contribution < -0.4 is 5.06 Å². The predicted molar refractivity (Wildman–Crippen MR) is 94.2 cm³/mol. The Morgan fingerprint density at radius 2 is 1.96 bits per heavy atom. The van der Waals surface area contributed by atoms with E-state index in [1.54, 1.807) is 7.11 Å². The smallest absolute Gasteiger partial charge is 0.141 e. The molecule has 4 heteroatoms. The normalized spacial score (nSPS) is 12.1. The zero-order valence-electron chi connectivity index (χ0n) is 15.1. The van der Waals surface area contributed by atoms with Crippen LogP contribution in [0.5, 0.6) is 0 Å². The lowest BCUT2D eigenvalue weighted by molar-refractivity contribution is 0.181. The molecule has 2 aromatic rings. The van der Waals surface area contributed by atoms with Crippen LogP contribution in [-0.4, -0.2) is 12.3 Å². The molecule has 0 radical (unpaired) electrons. The molecule has 0 N–H and O–H groups in total. The van der Waals surface area contributed by atoms with E-state index >= 15 is 0 Å². The van der Waals surface area contributed by atoms with E-state index in [2.05, 4.69) is 50.2 Å². The van der Waals surface area contributed by atoms with Crippen molar-refractivity contribution < 1.29 is 9.36 Å². The van der Waals surface area contributed by atoms with Crippen molar-refractivity contribution in [2.45, 2.75) is 41.5 Å². The molecule has 0 amide bonds. The zero-order chi connectivity index (χ0) is 17.1. The SMILES string of the molecule is C/C=C(/C(C)C)N(OC)c1cc(-c2c(C)noc2C)ccc1C. The Morgan fingerprint density at radius 1 is 1.26 bits per heavy atom. The van der Waals surface area contributed by atoms with Gasteiger partial charge in [-0.2, -0.15) is 0 Å². The third-order valence-corrected chi connectivity index (χ3v) is 4.05. The number of hydrogen-bond donors (Lipinski definition) is 0. The molecule has 0 atom stereocenters. The zero-order valence-corrected chi connectivity index (χ0v) is 15.1. The van der Waals surface area contributed by atoms with Crippen molar-refractivity contribution in [2.24, 2.45) is 5.92 Å². The molecule has 1 aromatic carbocycles. The lowest BCUT2D eigenvalue weighted by Gasteiger charge is -2.29. The molecule has 4 nitrogen and oxygen atoms in total. The van der Waals surface area contributed by atoms with Crippen LogP contribution in [0.25, 0.3) is 11.1 Å². The minimum atomic E-state index is 0.363. The summed E-state index contributed by atoms with van der Waals surface area (Å²) in [5.74, 6) is 1.19. The summed E-state index contributed by atoms with van der Waals surface area (Å²) in [4.78, 5) is 5.69. The molecule has 124 valence electrons. The second-order valence-electron chi connectivity index (χ2n) is 6.05. The van der Waals surface area contributed by atoms with Crippen LogP contribution in [0.3, 0.4) is 0 Å². The molecule has 1 aromatic heterocycles. The number of hydrogen-bond acceptors (Lipinski definition) is 4. The Bertz CT molecular complexity index is 695. The molecule has 0 fully saturated rings. The number of rotatable bonds is 5. The molecule has 0 spiro atoms. The standard InChI is InChI=1S/C19H26N2O2/c1-8-17(12(2)3)21(22-7)18-11-16(10-9-13(18)4)19-14(5)20-23-15(19)6/h8-12H,1-7H3/b17-8-. The van der Waals surface area contributed by atoms with Gasteiger partial charge in [0.1, 0.15) is 5.76 Å². The fourth-order valence-electron chi connectivity index (χ4n) is 2.91. The second-order valence-corrected chi connectivity index (χ2v) is 6.05. The van der Waals surface area contributed by atoms with E-state index in [1.807, 2.05) is 25.8 Å². The van der Waals surface area contributed by atoms with Crippen LogP contribution in [-0.2, 0) is 4.84 Å². The van der Waals surface area contributed by atoms with Gasteiger partial charge in [0.25, 0.3) is 0 Å². The van der Waals surface area contributed by atoms with Gasteiger partial charge in [0.05, 0.1) is 18.5 Å². The Kier molecular flexibility index (Phi) is 5.26. The van der Waals surface area contributed by atoms with Gasteiger partial charge in [-0.3, -0.25) is 4.84 Å². The topological polar surface area (TPSA) is 38.5 Å². The van der Waals surface area contributed by atoms with Crippen molar-refractivity contribution >= 4 is 5.69 Å². The first-order chi connectivity index (χ1) is 10.9. The monoisotopic (exact) mass is 314 g/mol. The van der Waals surface area contributed by atoms with E-state index in [1.165, 1.54) is 0 Å². The number of allylic oxidation sites excluding steroid dienone is 2. The molecule has 0 unspecified atom stereocenters. The Labute approximate surface area is 138 Å². The van der Waals surface area contributed by atoms with E-state index in [9.17, 15) is 0 Å². The van der Waals surface area contributed by atoms with E-state index in [4.69, 9.17) is 9.36 Å². The molecule has 23 heavy (non-hydrogen) atoms. The molecule has 2 rings (SSSR count). The summed E-state index contributed by atoms with van der Waals surface area (Å²) in [7, 11) is 1.70. The van der Waals surface area contributed by atoms with Crippen LogP contribution in [0.2, 0.25) is 0 Å². The summed E-state index contributed by atoms with van der Waals surface area (Å²) in [6, 6.07) is 6.34. The van der Waals surface area contributed by atoms with Gasteiger partial charge in [-0.1, -0.05) is 37.2 Å². The number of aromatic nitrogens is 1. The summed E-state index contributed by atoms with van der Waals surface area (Å²) in [6.07, 6.45) is 2.09. The average Bonchev–Trinajstić information content (AvgIpc) is 2.84. The molecule has 0 saturated heterocycles. The predicted octanol–water partition coefficient (Wildman–Crippen LogP) is 5.19. The number of aryl methyl sites for hydroxylation is 3. The quantitative estimate of drug-likeness (QED) is 0.711. The van der Waals surface area contributed by atoms with E-state index in [-0.39, 0.29) is 0 Å². The average molecular weight is 314 g/mol. The molecule has 0 bridgehead atoms. The first-order valence-electron chi connectivity index (χ1n) is 7.95. The Morgan fingerprint density at radius 3 is 2.43 bits per heavy atom. The fourth-order valence-corrected chi connectivity index (χ4v) is 2.91. The highest BCUT2D eigenvalue weighted by Gasteiger charge is 2.19. The van der Waals surface area contributed by atoms with Gasteiger partial charge in [0.15, 0.2) is 0 Å². The van der Waals surface area contributed by atoms with E-state index < -0.39 is 0 Å². The number of benzene rings is 1. The van der Waals surface area contributed by atoms with Gasteiger partial charge in [0.2, 0.25) is 0 Å². The third kappa shape index (κ3) is 3.32. The van der Waals surface area contributed by atoms with Crippen LogP contribution >= 0.6 is 0 Å². The van der Waals surface area contributed by atoms with Crippen molar-refractivity contribution in [1.82, 2.24) is 5.16 Å². The fraction of sp³-hybridized carbons (Fsp3) is 0.421. The molecule has 1 heterocycles. The molecular formula is C19H26N2O2. The Hall–Kier alpha value is -2.07. The van der Waals surface area contributed by atoms with Crippen molar-refractivity contribution in [2.75, 3.05) is 12.2 Å². The van der Waals surface area contributed by atoms with Crippen molar-refractivity contribution in [3.8, 4) is 11.1 Å². The first-order valence-corrected chi connectivity index (χ1v) is 7.95. The maximum atomic E-state index is 5.69. The number of hydroxylamine groups is 1. The van der Waals surface area contributed by atoms with E-state index in [0.29, 0.717) is 5.92 Å². The van der Waals surface area contributed by atoms with Gasteiger partial charge in [0, 0.05) is 11.3 Å². The highest BCUT2D eigenvalue weighted by Crippen LogP contribution is 2.34. The van der Waals surface area contributed by atoms with Gasteiger partial charge < -0.3 is 4.52 Å². The maximum Gasteiger partial charge on any atom is 0.141 e. The van der Waals surface area contributed by atoms with Crippen LogP contribution in [0.4, 0.5) is 5.69 Å². The van der Waals surface area contributed by atoms with Crippen molar-refractivity contribution in [3.05, 3.63) is 47.0 Å². The summed E-state index contributed by atoms with van der Waals surface area (Å²) in [6.45, 7) is 12.4. The third-order valence-electron chi connectivity index (χ3n) is 4.05. The van der Waals surface area contributed by atoms with Gasteiger partial charge in [-0.05, 0) is 50.8 Å².